The molecule has 1 aromatic carbocycles. The summed E-state index contributed by atoms with van der Waals surface area (Å²) in [6, 6.07) is 5.35. The maximum absolute atomic E-state index is 12.9. The molecule has 2 unspecified atom stereocenters. The van der Waals surface area contributed by atoms with Crippen molar-refractivity contribution >= 4 is 18.2 Å². The SMILES string of the molecule is Cc1cc(C(F)(F)F)cc(O)c1-c1ccc(N2CCOC3CNCC32)nn1.Cl. The maximum atomic E-state index is 12.9. The second-order valence-corrected chi connectivity index (χ2v) is 6.79. The van der Waals surface area contributed by atoms with Crippen LogP contribution in [0.5, 0.6) is 5.75 Å². The van der Waals surface area contributed by atoms with Crippen LogP contribution >= 0.6 is 12.4 Å². The molecule has 28 heavy (non-hydrogen) atoms. The number of phenols is 1. The molecule has 152 valence electrons. The summed E-state index contributed by atoms with van der Waals surface area (Å²) in [5, 5.41) is 21.8. The molecule has 0 saturated carbocycles. The van der Waals surface area contributed by atoms with E-state index in [-0.39, 0.29) is 35.7 Å². The number of hydrogen-bond acceptors (Lipinski definition) is 6. The van der Waals surface area contributed by atoms with Gasteiger partial charge in [-0.15, -0.1) is 22.6 Å². The molecule has 4 rings (SSSR count). The van der Waals surface area contributed by atoms with Gasteiger partial charge >= 0.3 is 6.18 Å². The third kappa shape index (κ3) is 3.74. The Morgan fingerprint density at radius 3 is 2.64 bits per heavy atom. The number of phenolic OH excluding ortho intramolecular Hbond substituents is 1. The number of halogens is 4. The molecule has 0 amide bonds. The highest BCUT2D eigenvalue weighted by atomic mass is 35.5. The fraction of sp³-hybridized carbons (Fsp3) is 0.444. The van der Waals surface area contributed by atoms with Gasteiger partial charge in [-0.05, 0) is 36.8 Å². The molecular formula is C18H20ClF3N4O2. The summed E-state index contributed by atoms with van der Waals surface area (Å²) >= 11 is 0. The number of rotatable bonds is 2. The number of aryl methyl sites for hydroxylation is 1. The lowest BCUT2D eigenvalue weighted by molar-refractivity contribution is -0.137. The van der Waals surface area contributed by atoms with Crippen molar-refractivity contribution in [2.24, 2.45) is 0 Å². The van der Waals surface area contributed by atoms with Gasteiger partial charge in [0.2, 0.25) is 0 Å². The summed E-state index contributed by atoms with van der Waals surface area (Å²) in [6.45, 7) is 4.40. The Hall–Kier alpha value is -2.10. The van der Waals surface area contributed by atoms with Crippen LogP contribution in [0.15, 0.2) is 24.3 Å². The lowest BCUT2D eigenvalue weighted by Gasteiger charge is -2.37. The standard InChI is InChI=1S/C18H19F3N4O2.ClH/c1-10-6-11(18(19,20)21)7-14(26)17(10)12-2-3-16(24-23-12)25-4-5-27-15-9-22-8-13(15)25;/h2-3,6-7,13,15,22,26H,4-5,8-9H2,1H3;1H. The predicted molar refractivity (Wildman–Crippen MR) is 99.9 cm³/mol. The van der Waals surface area contributed by atoms with Crippen molar-refractivity contribution in [2.45, 2.75) is 25.2 Å². The summed E-state index contributed by atoms with van der Waals surface area (Å²) < 4.78 is 44.4. The minimum atomic E-state index is -4.52. The van der Waals surface area contributed by atoms with Crippen molar-refractivity contribution in [3.05, 3.63) is 35.4 Å². The molecule has 0 aliphatic carbocycles. The van der Waals surface area contributed by atoms with Crippen molar-refractivity contribution in [2.75, 3.05) is 31.1 Å². The molecule has 1 aromatic heterocycles. The molecule has 3 heterocycles. The molecule has 2 atom stereocenters. The third-order valence-electron chi connectivity index (χ3n) is 5.04. The molecular weight excluding hydrogens is 397 g/mol. The van der Waals surface area contributed by atoms with Crippen LogP contribution in [0.25, 0.3) is 11.3 Å². The highest BCUT2D eigenvalue weighted by Crippen LogP contribution is 2.38. The van der Waals surface area contributed by atoms with Gasteiger partial charge in [-0.3, -0.25) is 0 Å². The first kappa shape index (κ1) is 20.6. The number of nitrogens with zero attached hydrogens (tertiary/aromatic N) is 3. The van der Waals surface area contributed by atoms with E-state index in [4.69, 9.17) is 4.74 Å². The van der Waals surface area contributed by atoms with E-state index in [9.17, 15) is 18.3 Å². The van der Waals surface area contributed by atoms with Crippen molar-refractivity contribution in [1.82, 2.24) is 15.5 Å². The fourth-order valence-corrected chi connectivity index (χ4v) is 3.75. The number of anilines is 1. The number of aromatic hydroxyl groups is 1. The van der Waals surface area contributed by atoms with Crippen LogP contribution < -0.4 is 10.2 Å². The molecule has 2 aliphatic rings. The zero-order valence-electron chi connectivity index (χ0n) is 15.0. The highest BCUT2D eigenvalue weighted by Gasteiger charge is 2.37. The minimum Gasteiger partial charge on any atom is -0.507 e. The van der Waals surface area contributed by atoms with Gasteiger partial charge in [0.1, 0.15) is 5.75 Å². The topological polar surface area (TPSA) is 70.5 Å². The summed E-state index contributed by atoms with van der Waals surface area (Å²) in [6.07, 6.45) is -4.40. The molecule has 2 aliphatic heterocycles. The molecule has 0 radical (unpaired) electrons. The molecule has 0 bridgehead atoms. The van der Waals surface area contributed by atoms with E-state index in [0.29, 0.717) is 30.7 Å². The Kier molecular flexibility index (Phi) is 5.69. The number of aromatic nitrogens is 2. The van der Waals surface area contributed by atoms with E-state index in [1.165, 1.54) is 6.92 Å². The van der Waals surface area contributed by atoms with Crippen LogP contribution in [-0.4, -0.2) is 53.7 Å². The summed E-state index contributed by atoms with van der Waals surface area (Å²) in [5.74, 6) is 0.223. The smallest absolute Gasteiger partial charge is 0.416 e. The highest BCUT2D eigenvalue weighted by molar-refractivity contribution is 5.85. The largest absolute Gasteiger partial charge is 0.507 e. The quantitative estimate of drug-likeness (QED) is 0.784. The van der Waals surface area contributed by atoms with Crippen molar-refractivity contribution in [3.8, 4) is 17.0 Å². The monoisotopic (exact) mass is 416 g/mol. The van der Waals surface area contributed by atoms with Crippen LogP contribution in [0.4, 0.5) is 19.0 Å². The van der Waals surface area contributed by atoms with Gasteiger partial charge in [-0.25, -0.2) is 0 Å². The number of morpholine rings is 1. The first-order valence-corrected chi connectivity index (χ1v) is 8.68. The van der Waals surface area contributed by atoms with Crippen molar-refractivity contribution in [3.63, 3.8) is 0 Å². The van der Waals surface area contributed by atoms with Crippen LogP contribution in [0.1, 0.15) is 11.1 Å². The van der Waals surface area contributed by atoms with Crippen LogP contribution in [0.2, 0.25) is 0 Å². The van der Waals surface area contributed by atoms with Crippen molar-refractivity contribution in [1.29, 1.82) is 0 Å². The fourth-order valence-electron chi connectivity index (χ4n) is 3.75. The number of alkyl halides is 3. The number of nitrogens with one attached hydrogen (secondary N) is 1. The van der Waals surface area contributed by atoms with E-state index in [0.717, 1.165) is 19.2 Å². The molecule has 2 N–H and O–H groups in total. The molecule has 2 aromatic rings. The molecule has 10 heteroatoms. The van der Waals surface area contributed by atoms with Gasteiger partial charge in [-0.1, -0.05) is 0 Å². The molecule has 2 saturated heterocycles. The van der Waals surface area contributed by atoms with Crippen molar-refractivity contribution < 1.29 is 23.0 Å². The summed E-state index contributed by atoms with van der Waals surface area (Å²) in [4.78, 5) is 2.13. The number of benzene rings is 1. The van der Waals surface area contributed by atoms with E-state index < -0.39 is 17.5 Å². The molecule has 6 nitrogen and oxygen atoms in total. The van der Waals surface area contributed by atoms with E-state index >= 15 is 0 Å². The Morgan fingerprint density at radius 2 is 2.00 bits per heavy atom. The molecule has 0 spiro atoms. The maximum Gasteiger partial charge on any atom is 0.416 e. The second-order valence-electron chi connectivity index (χ2n) is 6.79. The number of fused-ring (bicyclic) bond motifs is 1. The van der Waals surface area contributed by atoms with Gasteiger partial charge in [-0.2, -0.15) is 13.2 Å². The summed E-state index contributed by atoms with van der Waals surface area (Å²) in [5.41, 5.74) is -0.0176. The lowest BCUT2D eigenvalue weighted by atomic mass is 10.0. The van der Waals surface area contributed by atoms with E-state index in [1.54, 1.807) is 12.1 Å². The zero-order valence-corrected chi connectivity index (χ0v) is 15.8. The molecule has 2 fully saturated rings. The lowest BCUT2D eigenvalue weighted by Crippen LogP contribution is -2.51. The minimum absolute atomic E-state index is 0. The van der Waals surface area contributed by atoms with Gasteiger partial charge in [0.15, 0.2) is 5.82 Å². The first-order chi connectivity index (χ1) is 12.8. The van der Waals surface area contributed by atoms with E-state index in [2.05, 4.69) is 20.4 Å². The Labute approximate surface area is 166 Å². The second kappa shape index (κ2) is 7.73. The normalized spacial score (nSPS) is 21.9. The predicted octanol–water partition coefficient (Wildman–Crippen LogP) is 2.78. The van der Waals surface area contributed by atoms with Crippen LogP contribution in [0.3, 0.4) is 0 Å². The van der Waals surface area contributed by atoms with E-state index in [1.807, 2.05) is 0 Å². The Balaban J connectivity index is 0.00000225. The third-order valence-corrected chi connectivity index (χ3v) is 5.04. The Morgan fingerprint density at radius 1 is 1.21 bits per heavy atom. The summed E-state index contributed by atoms with van der Waals surface area (Å²) in [7, 11) is 0. The zero-order chi connectivity index (χ0) is 19.2. The van der Waals surface area contributed by atoms with Gasteiger partial charge in [0, 0.05) is 25.2 Å². The number of ether oxygens (including phenoxy) is 1. The Bertz CT molecular complexity index is 825. The average Bonchev–Trinajstić information content (AvgIpc) is 3.10. The van der Waals surface area contributed by atoms with Gasteiger partial charge in [0.25, 0.3) is 0 Å². The van der Waals surface area contributed by atoms with Gasteiger partial charge < -0.3 is 20.1 Å². The number of hydrogen-bond donors (Lipinski definition) is 2. The van der Waals surface area contributed by atoms with Gasteiger partial charge in [0.05, 0.1) is 30.0 Å². The first-order valence-electron chi connectivity index (χ1n) is 8.68. The average molecular weight is 417 g/mol. The van der Waals surface area contributed by atoms with Crippen LogP contribution in [-0.2, 0) is 10.9 Å². The van der Waals surface area contributed by atoms with Crippen LogP contribution in [0, 0.1) is 6.92 Å².